The molecule has 0 radical (unpaired) electrons. The summed E-state index contributed by atoms with van der Waals surface area (Å²) in [5.41, 5.74) is 1.83. The monoisotopic (exact) mass is 288 g/mol. The zero-order valence-electron chi connectivity index (χ0n) is 13.6. The van der Waals surface area contributed by atoms with Crippen LogP contribution in [0, 0.1) is 18.8 Å². The maximum Gasteiger partial charge on any atom is 0.251 e. The highest BCUT2D eigenvalue weighted by Gasteiger charge is 2.21. The van der Waals surface area contributed by atoms with Crippen LogP contribution >= 0.6 is 0 Å². The minimum atomic E-state index is 0.0495. The molecule has 21 heavy (non-hydrogen) atoms. The zero-order valence-corrected chi connectivity index (χ0v) is 13.6. The first kappa shape index (κ1) is 16.0. The van der Waals surface area contributed by atoms with Crippen molar-refractivity contribution in [3.8, 4) is 0 Å². The lowest BCUT2D eigenvalue weighted by Gasteiger charge is -2.34. The molecule has 1 aromatic rings. The van der Waals surface area contributed by atoms with Gasteiger partial charge in [0.1, 0.15) is 0 Å². The number of hydrogen-bond donors (Lipinski definition) is 1. The Morgan fingerprint density at radius 2 is 1.90 bits per heavy atom. The van der Waals surface area contributed by atoms with Crippen LogP contribution in [0.1, 0.15) is 42.6 Å². The molecule has 3 heteroatoms. The lowest BCUT2D eigenvalue weighted by atomic mass is 9.92. The normalized spacial score (nSPS) is 23.0. The molecule has 3 nitrogen and oxygen atoms in total. The molecule has 0 unspecified atom stereocenters. The van der Waals surface area contributed by atoms with E-state index in [2.05, 4.69) is 24.1 Å². The lowest BCUT2D eigenvalue weighted by Crippen LogP contribution is -2.40. The van der Waals surface area contributed by atoms with Crippen LogP contribution in [0.3, 0.4) is 0 Å². The van der Waals surface area contributed by atoms with Gasteiger partial charge < -0.3 is 10.2 Å². The second kappa shape index (κ2) is 7.60. The summed E-state index contributed by atoms with van der Waals surface area (Å²) in [7, 11) is 0. The highest BCUT2D eigenvalue weighted by molar-refractivity contribution is 5.95. The van der Waals surface area contributed by atoms with E-state index in [9.17, 15) is 4.79 Å². The van der Waals surface area contributed by atoms with Crippen LogP contribution in [0.2, 0.25) is 0 Å². The molecule has 0 aliphatic carbocycles. The number of nitrogens with zero attached hydrogens (tertiary/aromatic N) is 1. The van der Waals surface area contributed by atoms with Gasteiger partial charge in [-0.1, -0.05) is 32.0 Å². The van der Waals surface area contributed by atoms with Gasteiger partial charge >= 0.3 is 0 Å². The van der Waals surface area contributed by atoms with Crippen molar-refractivity contribution in [3.63, 3.8) is 0 Å². The highest BCUT2D eigenvalue weighted by Crippen LogP contribution is 2.20. The third-order valence-corrected chi connectivity index (χ3v) is 4.27. The van der Waals surface area contributed by atoms with E-state index in [0.717, 1.165) is 42.5 Å². The predicted molar refractivity (Wildman–Crippen MR) is 87.5 cm³/mol. The molecule has 1 amide bonds. The molecule has 1 aliphatic rings. The number of amides is 1. The second-order valence-electron chi connectivity index (χ2n) is 6.63. The van der Waals surface area contributed by atoms with E-state index in [1.54, 1.807) is 0 Å². The highest BCUT2D eigenvalue weighted by atomic mass is 16.1. The Bertz CT molecular complexity index is 462. The zero-order chi connectivity index (χ0) is 15.2. The summed E-state index contributed by atoms with van der Waals surface area (Å²) >= 11 is 0. The topological polar surface area (TPSA) is 32.3 Å². The van der Waals surface area contributed by atoms with E-state index >= 15 is 0 Å². The minimum absolute atomic E-state index is 0.0495. The molecule has 0 bridgehead atoms. The number of rotatable bonds is 5. The summed E-state index contributed by atoms with van der Waals surface area (Å²) < 4.78 is 0. The van der Waals surface area contributed by atoms with Crippen molar-refractivity contribution in [3.05, 3.63) is 35.4 Å². The van der Waals surface area contributed by atoms with E-state index in [1.165, 1.54) is 19.5 Å². The molecule has 1 fully saturated rings. The van der Waals surface area contributed by atoms with E-state index in [0.29, 0.717) is 0 Å². The first-order valence-electron chi connectivity index (χ1n) is 8.12. The van der Waals surface area contributed by atoms with Crippen molar-refractivity contribution in [2.24, 2.45) is 11.8 Å². The van der Waals surface area contributed by atoms with Crippen molar-refractivity contribution in [1.29, 1.82) is 0 Å². The van der Waals surface area contributed by atoms with Gasteiger partial charge in [-0.3, -0.25) is 4.79 Å². The SMILES string of the molecule is Cc1ccccc1C(=O)NCCCN1C[C@@H](C)C[C@H](C)C1. The number of carbonyl (C=O) groups excluding carboxylic acids is 1. The maximum atomic E-state index is 12.1. The van der Waals surface area contributed by atoms with Crippen molar-refractivity contribution >= 4 is 5.91 Å². The van der Waals surface area contributed by atoms with Gasteiger partial charge in [0.05, 0.1) is 0 Å². The molecule has 1 aromatic carbocycles. The van der Waals surface area contributed by atoms with Crippen molar-refractivity contribution in [2.75, 3.05) is 26.2 Å². The first-order chi connectivity index (χ1) is 10.1. The van der Waals surface area contributed by atoms with Crippen molar-refractivity contribution in [1.82, 2.24) is 10.2 Å². The van der Waals surface area contributed by atoms with E-state index < -0.39 is 0 Å². The quantitative estimate of drug-likeness (QED) is 0.844. The Kier molecular flexibility index (Phi) is 5.80. The number of benzene rings is 1. The Balaban J connectivity index is 1.70. The third kappa shape index (κ3) is 4.85. The fourth-order valence-corrected chi connectivity index (χ4v) is 3.40. The van der Waals surface area contributed by atoms with Gasteiger partial charge in [-0.2, -0.15) is 0 Å². The van der Waals surface area contributed by atoms with Gasteiger partial charge in [-0.25, -0.2) is 0 Å². The standard InChI is InChI=1S/C18H28N2O/c1-14-11-15(2)13-20(12-14)10-6-9-19-18(21)17-8-5-4-7-16(17)3/h4-5,7-8,14-15H,6,9-13H2,1-3H3,(H,19,21)/t14-,15-/m0/s1. The summed E-state index contributed by atoms with van der Waals surface area (Å²) in [6.07, 6.45) is 2.37. The van der Waals surface area contributed by atoms with Gasteiger partial charge in [-0.15, -0.1) is 0 Å². The Morgan fingerprint density at radius 1 is 1.24 bits per heavy atom. The molecule has 0 spiro atoms. The average molecular weight is 288 g/mol. The molecule has 0 aromatic heterocycles. The number of piperidine rings is 1. The molecule has 1 saturated heterocycles. The second-order valence-corrected chi connectivity index (χ2v) is 6.63. The van der Waals surface area contributed by atoms with Gasteiger partial charge in [0.2, 0.25) is 0 Å². The number of carbonyl (C=O) groups is 1. The summed E-state index contributed by atoms with van der Waals surface area (Å²) in [5.74, 6) is 1.65. The van der Waals surface area contributed by atoms with Crippen LogP contribution in [0.15, 0.2) is 24.3 Å². The molecular formula is C18H28N2O. The number of aryl methyl sites for hydroxylation is 1. The summed E-state index contributed by atoms with van der Waals surface area (Å²) in [6.45, 7) is 10.9. The summed E-state index contributed by atoms with van der Waals surface area (Å²) in [4.78, 5) is 14.6. The third-order valence-electron chi connectivity index (χ3n) is 4.27. The molecule has 1 N–H and O–H groups in total. The van der Waals surface area contributed by atoms with Crippen molar-refractivity contribution < 1.29 is 4.79 Å². The molecule has 0 saturated carbocycles. The fourth-order valence-electron chi connectivity index (χ4n) is 3.40. The van der Waals surface area contributed by atoms with Gasteiger partial charge in [0.25, 0.3) is 5.91 Å². The molecule has 1 aliphatic heterocycles. The first-order valence-corrected chi connectivity index (χ1v) is 8.12. The number of likely N-dealkylation sites (tertiary alicyclic amines) is 1. The largest absolute Gasteiger partial charge is 0.352 e. The Morgan fingerprint density at radius 3 is 2.57 bits per heavy atom. The van der Waals surface area contributed by atoms with Gasteiger partial charge in [0, 0.05) is 25.2 Å². The number of hydrogen-bond acceptors (Lipinski definition) is 2. The van der Waals surface area contributed by atoms with E-state index in [-0.39, 0.29) is 5.91 Å². The van der Waals surface area contributed by atoms with Crippen LogP contribution in [0.4, 0.5) is 0 Å². The van der Waals surface area contributed by atoms with Crippen LogP contribution in [0.25, 0.3) is 0 Å². The van der Waals surface area contributed by atoms with E-state index in [1.807, 2.05) is 31.2 Å². The fraction of sp³-hybridized carbons (Fsp3) is 0.611. The van der Waals surface area contributed by atoms with Crippen LogP contribution in [-0.2, 0) is 0 Å². The van der Waals surface area contributed by atoms with Gasteiger partial charge in [-0.05, 0) is 49.8 Å². The predicted octanol–water partition coefficient (Wildman–Crippen LogP) is 3.09. The maximum absolute atomic E-state index is 12.1. The lowest BCUT2D eigenvalue weighted by molar-refractivity contribution is 0.0946. The summed E-state index contributed by atoms with van der Waals surface area (Å²) in [5, 5.41) is 3.04. The molecule has 2 atom stereocenters. The van der Waals surface area contributed by atoms with Crippen molar-refractivity contribution in [2.45, 2.75) is 33.6 Å². The molecule has 2 rings (SSSR count). The Labute approximate surface area is 128 Å². The minimum Gasteiger partial charge on any atom is -0.352 e. The average Bonchev–Trinajstić information content (AvgIpc) is 2.43. The summed E-state index contributed by atoms with van der Waals surface area (Å²) in [6, 6.07) is 7.74. The van der Waals surface area contributed by atoms with Crippen LogP contribution in [0.5, 0.6) is 0 Å². The van der Waals surface area contributed by atoms with Gasteiger partial charge in [0.15, 0.2) is 0 Å². The van der Waals surface area contributed by atoms with Crippen LogP contribution in [-0.4, -0.2) is 37.0 Å². The number of nitrogens with one attached hydrogen (secondary N) is 1. The molecule has 116 valence electrons. The molecular weight excluding hydrogens is 260 g/mol. The molecule has 1 heterocycles. The van der Waals surface area contributed by atoms with Crippen LogP contribution < -0.4 is 5.32 Å². The Hall–Kier alpha value is -1.35. The van der Waals surface area contributed by atoms with E-state index in [4.69, 9.17) is 0 Å². The smallest absolute Gasteiger partial charge is 0.251 e.